The predicted molar refractivity (Wildman–Crippen MR) is 57.6 cm³/mol. The fraction of sp³-hybridized carbons (Fsp3) is 0.600. The lowest BCUT2D eigenvalue weighted by atomic mass is 9.85. The Bertz CT molecular complexity index is 310. The third kappa shape index (κ3) is 2.35. The Morgan fingerprint density at radius 3 is 3.00 bits per heavy atom. The zero-order valence-corrected chi connectivity index (χ0v) is 8.96. The summed E-state index contributed by atoms with van der Waals surface area (Å²) < 4.78 is 0. The van der Waals surface area contributed by atoms with E-state index >= 15 is 0 Å². The second-order valence-electron chi connectivity index (χ2n) is 3.80. The molecule has 14 heavy (non-hydrogen) atoms. The average Bonchev–Trinajstić information content (AvgIpc) is 2.11. The van der Waals surface area contributed by atoms with Gasteiger partial charge in [-0.1, -0.05) is 0 Å². The Kier molecular flexibility index (Phi) is 2.87. The van der Waals surface area contributed by atoms with Crippen LogP contribution in [-0.2, 0) is 0 Å². The molecular formula is C10H14ClN3. The highest BCUT2D eigenvalue weighted by Gasteiger charge is 2.26. The summed E-state index contributed by atoms with van der Waals surface area (Å²) in [5.74, 6) is 2.43. The molecule has 0 atom stereocenters. The van der Waals surface area contributed by atoms with Crippen molar-refractivity contribution in [2.24, 2.45) is 5.92 Å². The van der Waals surface area contributed by atoms with Gasteiger partial charge in [0.1, 0.15) is 11.6 Å². The van der Waals surface area contributed by atoms with Gasteiger partial charge in [-0.2, -0.15) is 0 Å². The lowest BCUT2D eigenvalue weighted by Gasteiger charge is -2.30. The number of alkyl halides is 1. The molecule has 4 heteroatoms. The van der Waals surface area contributed by atoms with E-state index in [-0.39, 0.29) is 0 Å². The highest BCUT2D eigenvalue weighted by Crippen LogP contribution is 2.31. The van der Waals surface area contributed by atoms with Crippen molar-refractivity contribution in [1.82, 2.24) is 9.97 Å². The van der Waals surface area contributed by atoms with E-state index in [0.717, 1.165) is 31.0 Å². The quantitative estimate of drug-likeness (QED) is 0.780. The summed E-state index contributed by atoms with van der Waals surface area (Å²) in [4.78, 5) is 8.31. The Labute approximate surface area is 88.9 Å². The predicted octanol–water partition coefficient (Wildman–Crippen LogP) is 2.21. The molecule has 3 nitrogen and oxygen atoms in total. The van der Waals surface area contributed by atoms with Gasteiger partial charge in [0, 0.05) is 18.1 Å². The van der Waals surface area contributed by atoms with Crippen LogP contribution < -0.4 is 5.32 Å². The molecule has 0 aliphatic heterocycles. The van der Waals surface area contributed by atoms with Crippen LogP contribution in [0.3, 0.4) is 0 Å². The van der Waals surface area contributed by atoms with Crippen LogP contribution in [0.2, 0.25) is 0 Å². The van der Waals surface area contributed by atoms with Gasteiger partial charge >= 0.3 is 0 Å². The number of aryl methyl sites for hydroxylation is 1. The van der Waals surface area contributed by atoms with Crippen molar-refractivity contribution in [2.45, 2.75) is 25.1 Å². The van der Waals surface area contributed by atoms with E-state index < -0.39 is 0 Å². The number of aromatic nitrogens is 2. The second-order valence-corrected chi connectivity index (χ2v) is 4.42. The number of nitrogens with zero attached hydrogens (tertiary/aromatic N) is 2. The molecule has 2 rings (SSSR count). The largest absolute Gasteiger partial charge is 0.370 e. The topological polar surface area (TPSA) is 37.8 Å². The Morgan fingerprint density at radius 2 is 2.36 bits per heavy atom. The maximum atomic E-state index is 5.90. The lowest BCUT2D eigenvalue weighted by Crippen LogP contribution is -2.30. The van der Waals surface area contributed by atoms with Gasteiger partial charge in [0.15, 0.2) is 0 Å². The molecule has 0 aromatic carbocycles. The fourth-order valence-electron chi connectivity index (χ4n) is 1.62. The molecule has 1 aliphatic carbocycles. The van der Waals surface area contributed by atoms with E-state index in [2.05, 4.69) is 15.3 Å². The van der Waals surface area contributed by atoms with Crippen molar-refractivity contribution in [3.63, 3.8) is 0 Å². The Morgan fingerprint density at radius 1 is 1.57 bits per heavy atom. The highest BCUT2D eigenvalue weighted by atomic mass is 35.5. The number of hydrogen-bond acceptors (Lipinski definition) is 3. The Hall–Kier alpha value is -0.830. The number of halogens is 1. The molecule has 0 saturated heterocycles. The standard InChI is InChI=1S/C10H14ClN3/c1-7-12-3-2-10(14-7)13-6-8-4-9(11)5-8/h2-3,8-9H,4-6H2,1H3,(H,12,13,14). The summed E-state index contributed by atoms with van der Waals surface area (Å²) in [5, 5.41) is 3.70. The monoisotopic (exact) mass is 211 g/mol. The third-order valence-corrected chi connectivity index (χ3v) is 2.88. The van der Waals surface area contributed by atoms with E-state index in [4.69, 9.17) is 11.6 Å². The van der Waals surface area contributed by atoms with Gasteiger partial charge in [-0.25, -0.2) is 9.97 Å². The van der Waals surface area contributed by atoms with E-state index in [0.29, 0.717) is 11.3 Å². The van der Waals surface area contributed by atoms with Gasteiger partial charge < -0.3 is 5.32 Å². The summed E-state index contributed by atoms with van der Waals surface area (Å²) in [6.07, 6.45) is 4.02. The number of nitrogens with one attached hydrogen (secondary N) is 1. The SMILES string of the molecule is Cc1nccc(NCC2CC(Cl)C2)n1. The van der Waals surface area contributed by atoms with Gasteiger partial charge in [-0.05, 0) is 31.7 Å². The van der Waals surface area contributed by atoms with Crippen LogP contribution in [0.5, 0.6) is 0 Å². The molecule has 0 radical (unpaired) electrons. The van der Waals surface area contributed by atoms with Crippen molar-refractivity contribution < 1.29 is 0 Å². The van der Waals surface area contributed by atoms with Gasteiger partial charge in [-0.15, -0.1) is 11.6 Å². The highest BCUT2D eigenvalue weighted by molar-refractivity contribution is 6.21. The molecule has 1 aliphatic rings. The molecule has 0 amide bonds. The summed E-state index contributed by atoms with van der Waals surface area (Å²) in [6, 6.07) is 1.89. The van der Waals surface area contributed by atoms with Gasteiger partial charge in [0.2, 0.25) is 0 Å². The first-order valence-corrected chi connectivity index (χ1v) is 5.35. The summed E-state index contributed by atoms with van der Waals surface area (Å²) in [6.45, 7) is 2.86. The van der Waals surface area contributed by atoms with Crippen molar-refractivity contribution >= 4 is 17.4 Å². The molecule has 76 valence electrons. The van der Waals surface area contributed by atoms with Crippen molar-refractivity contribution in [2.75, 3.05) is 11.9 Å². The minimum absolute atomic E-state index is 0.397. The maximum absolute atomic E-state index is 5.90. The van der Waals surface area contributed by atoms with Crippen LogP contribution in [0.15, 0.2) is 12.3 Å². The van der Waals surface area contributed by atoms with E-state index in [9.17, 15) is 0 Å². The summed E-state index contributed by atoms with van der Waals surface area (Å²) >= 11 is 5.90. The molecule has 1 heterocycles. The maximum Gasteiger partial charge on any atom is 0.129 e. The zero-order chi connectivity index (χ0) is 9.97. The van der Waals surface area contributed by atoms with Crippen molar-refractivity contribution in [3.8, 4) is 0 Å². The minimum Gasteiger partial charge on any atom is -0.370 e. The molecule has 1 fully saturated rings. The molecular weight excluding hydrogens is 198 g/mol. The van der Waals surface area contributed by atoms with Gasteiger partial charge in [0.05, 0.1) is 0 Å². The van der Waals surface area contributed by atoms with Crippen molar-refractivity contribution in [1.29, 1.82) is 0 Å². The molecule has 0 bridgehead atoms. The van der Waals surface area contributed by atoms with Crippen LogP contribution in [0.4, 0.5) is 5.82 Å². The molecule has 1 saturated carbocycles. The summed E-state index contributed by atoms with van der Waals surface area (Å²) in [5.41, 5.74) is 0. The number of rotatable bonds is 3. The molecule has 1 aromatic rings. The average molecular weight is 212 g/mol. The lowest BCUT2D eigenvalue weighted by molar-refractivity contribution is 0.341. The van der Waals surface area contributed by atoms with Crippen LogP contribution in [0, 0.1) is 12.8 Å². The van der Waals surface area contributed by atoms with Crippen molar-refractivity contribution in [3.05, 3.63) is 18.1 Å². The second kappa shape index (κ2) is 4.13. The first-order valence-electron chi connectivity index (χ1n) is 4.91. The molecule has 0 unspecified atom stereocenters. The number of anilines is 1. The first kappa shape index (κ1) is 9.71. The number of hydrogen-bond donors (Lipinski definition) is 1. The summed E-state index contributed by atoms with van der Waals surface area (Å²) in [7, 11) is 0. The zero-order valence-electron chi connectivity index (χ0n) is 8.20. The van der Waals surface area contributed by atoms with E-state index in [1.807, 2.05) is 13.0 Å². The minimum atomic E-state index is 0.397. The molecule has 1 aromatic heterocycles. The van der Waals surface area contributed by atoms with Crippen LogP contribution >= 0.6 is 11.6 Å². The fourth-order valence-corrected chi connectivity index (χ4v) is 2.13. The van der Waals surface area contributed by atoms with Crippen LogP contribution in [0.1, 0.15) is 18.7 Å². The molecule has 0 spiro atoms. The van der Waals surface area contributed by atoms with Gasteiger partial charge in [-0.3, -0.25) is 0 Å². The van der Waals surface area contributed by atoms with Gasteiger partial charge in [0.25, 0.3) is 0 Å². The smallest absolute Gasteiger partial charge is 0.129 e. The normalized spacial score (nSPS) is 25.6. The Balaban J connectivity index is 1.80. The first-order chi connectivity index (χ1) is 6.74. The van der Waals surface area contributed by atoms with Crippen LogP contribution in [-0.4, -0.2) is 21.9 Å². The van der Waals surface area contributed by atoms with E-state index in [1.165, 1.54) is 0 Å². The van der Waals surface area contributed by atoms with Crippen LogP contribution in [0.25, 0.3) is 0 Å². The molecule has 1 N–H and O–H groups in total. The van der Waals surface area contributed by atoms with E-state index in [1.54, 1.807) is 6.20 Å². The third-order valence-electron chi connectivity index (χ3n) is 2.53.